The summed E-state index contributed by atoms with van der Waals surface area (Å²) < 4.78 is 39.5. The third-order valence-electron chi connectivity index (χ3n) is 5.81. The van der Waals surface area contributed by atoms with Gasteiger partial charge in [0.1, 0.15) is 0 Å². The van der Waals surface area contributed by atoms with E-state index in [-0.39, 0.29) is 30.3 Å². The third-order valence-corrected chi connectivity index (χ3v) is 5.81. The van der Waals surface area contributed by atoms with Gasteiger partial charge in [0.2, 0.25) is 5.91 Å². The highest BCUT2D eigenvalue weighted by Gasteiger charge is 2.39. The number of hydrogen-bond acceptors (Lipinski definition) is 2. The Labute approximate surface area is 164 Å². The molecule has 1 aliphatic heterocycles. The lowest BCUT2D eigenvalue weighted by atomic mass is 9.75. The first-order valence-corrected chi connectivity index (χ1v) is 9.53. The van der Waals surface area contributed by atoms with Gasteiger partial charge in [-0.2, -0.15) is 13.2 Å². The summed E-state index contributed by atoms with van der Waals surface area (Å²) in [5.74, 6) is -0.0893. The van der Waals surface area contributed by atoms with Crippen molar-refractivity contribution in [1.29, 1.82) is 0 Å². The minimum absolute atomic E-state index is 0. The number of carbonyl (C=O) groups excluding carboxylic acids is 1. The second-order valence-corrected chi connectivity index (χ2v) is 7.79. The summed E-state index contributed by atoms with van der Waals surface area (Å²) in [7, 11) is 0. The molecule has 1 amide bonds. The molecule has 2 atom stereocenters. The third kappa shape index (κ3) is 5.17. The largest absolute Gasteiger partial charge is 0.416 e. The van der Waals surface area contributed by atoms with Crippen molar-refractivity contribution >= 4 is 18.3 Å². The van der Waals surface area contributed by atoms with Crippen LogP contribution in [-0.2, 0) is 16.5 Å². The Hall–Kier alpha value is -1.27. The van der Waals surface area contributed by atoms with Gasteiger partial charge in [-0.3, -0.25) is 4.79 Å². The normalized spacial score (nSPS) is 25.3. The van der Waals surface area contributed by atoms with Crippen LogP contribution in [0.15, 0.2) is 24.3 Å². The van der Waals surface area contributed by atoms with Crippen molar-refractivity contribution in [2.45, 2.75) is 69.6 Å². The maximum absolute atomic E-state index is 13.2. The first kappa shape index (κ1) is 22.0. The van der Waals surface area contributed by atoms with E-state index in [1.807, 2.05) is 0 Å². The molecule has 2 N–H and O–H groups in total. The summed E-state index contributed by atoms with van der Waals surface area (Å²) in [6.45, 7) is 2.86. The molecular weight excluding hydrogens is 377 g/mol. The molecule has 1 aromatic carbocycles. The number of alkyl halides is 3. The molecule has 7 heteroatoms. The fraction of sp³-hybridized carbons (Fsp3) is 0.650. The minimum Gasteiger partial charge on any atom is -0.346 e. The van der Waals surface area contributed by atoms with Crippen LogP contribution in [0.2, 0.25) is 0 Å². The van der Waals surface area contributed by atoms with Crippen molar-refractivity contribution in [3.05, 3.63) is 35.4 Å². The summed E-state index contributed by atoms with van der Waals surface area (Å²) in [5.41, 5.74) is -0.739. The molecule has 1 saturated carbocycles. The first-order valence-electron chi connectivity index (χ1n) is 9.53. The number of nitrogens with one attached hydrogen (secondary N) is 2. The highest BCUT2D eigenvalue weighted by molar-refractivity contribution is 5.85. The minimum atomic E-state index is -4.37. The Morgan fingerprint density at radius 2 is 1.93 bits per heavy atom. The van der Waals surface area contributed by atoms with Crippen LogP contribution in [-0.4, -0.2) is 18.5 Å². The van der Waals surface area contributed by atoms with E-state index in [0.717, 1.165) is 44.7 Å². The van der Waals surface area contributed by atoms with E-state index in [1.54, 1.807) is 6.07 Å². The van der Waals surface area contributed by atoms with Gasteiger partial charge in [-0.15, -0.1) is 12.4 Å². The fourth-order valence-electron chi connectivity index (χ4n) is 4.34. The summed E-state index contributed by atoms with van der Waals surface area (Å²) in [4.78, 5) is 12.9. The van der Waals surface area contributed by atoms with Gasteiger partial charge in [0.25, 0.3) is 0 Å². The summed E-state index contributed by atoms with van der Waals surface area (Å²) in [6.07, 6.45) is 1.44. The molecular formula is C20H28ClF3N2O. The first-order chi connectivity index (χ1) is 12.3. The van der Waals surface area contributed by atoms with E-state index in [1.165, 1.54) is 12.1 Å². The molecule has 0 spiro atoms. The Bertz CT molecular complexity index is 644. The van der Waals surface area contributed by atoms with Crippen molar-refractivity contribution < 1.29 is 18.0 Å². The predicted molar refractivity (Wildman–Crippen MR) is 102 cm³/mol. The molecule has 2 aliphatic rings. The topological polar surface area (TPSA) is 41.1 Å². The van der Waals surface area contributed by atoms with Crippen LogP contribution in [0.5, 0.6) is 0 Å². The van der Waals surface area contributed by atoms with E-state index in [9.17, 15) is 18.0 Å². The molecule has 152 valence electrons. The molecule has 2 fully saturated rings. The quantitative estimate of drug-likeness (QED) is 0.760. The van der Waals surface area contributed by atoms with E-state index < -0.39 is 17.3 Å². The lowest BCUT2D eigenvalue weighted by molar-refractivity contribution is -0.137. The Morgan fingerprint density at radius 3 is 2.56 bits per heavy atom. The maximum atomic E-state index is 13.2. The smallest absolute Gasteiger partial charge is 0.346 e. The average Bonchev–Trinajstić information content (AvgIpc) is 2.62. The summed E-state index contributed by atoms with van der Waals surface area (Å²) in [5, 5.41) is 6.51. The van der Waals surface area contributed by atoms with Gasteiger partial charge in [-0.1, -0.05) is 31.4 Å². The number of piperidine rings is 1. The number of carbonyl (C=O) groups is 1. The summed E-state index contributed by atoms with van der Waals surface area (Å²) in [6, 6.07) is 5.78. The van der Waals surface area contributed by atoms with Crippen LogP contribution in [0.4, 0.5) is 13.2 Å². The number of rotatable bonds is 3. The number of halogens is 4. The standard InChI is InChI=1S/C20H27F3N2O.ClH/c1-14-12-15(8-11-24-14)18(26)25-19(9-3-2-4-10-19)16-6-5-7-17(13-16)20(21,22)23;/h5-7,13-15,24H,2-4,8-12H2,1H3,(H,25,26);1H/t14-,15-;/m0./s1. The van der Waals surface area contributed by atoms with E-state index in [0.29, 0.717) is 18.4 Å². The number of hydrogen-bond donors (Lipinski definition) is 2. The molecule has 27 heavy (non-hydrogen) atoms. The highest BCUT2D eigenvalue weighted by atomic mass is 35.5. The van der Waals surface area contributed by atoms with Crippen LogP contribution in [0.3, 0.4) is 0 Å². The average molecular weight is 405 g/mol. The zero-order valence-electron chi connectivity index (χ0n) is 15.6. The fourth-order valence-corrected chi connectivity index (χ4v) is 4.34. The molecule has 3 rings (SSSR count). The van der Waals surface area contributed by atoms with Gasteiger partial charge in [-0.05, 0) is 56.8 Å². The van der Waals surface area contributed by atoms with Gasteiger partial charge >= 0.3 is 6.18 Å². The van der Waals surface area contributed by atoms with Gasteiger partial charge < -0.3 is 10.6 Å². The van der Waals surface area contributed by atoms with Crippen LogP contribution in [0.25, 0.3) is 0 Å². The second kappa shape index (κ2) is 8.82. The van der Waals surface area contributed by atoms with Gasteiger partial charge in [0, 0.05) is 12.0 Å². The van der Waals surface area contributed by atoms with E-state index >= 15 is 0 Å². The van der Waals surface area contributed by atoms with Gasteiger partial charge in [0.05, 0.1) is 11.1 Å². The van der Waals surface area contributed by atoms with Crippen LogP contribution >= 0.6 is 12.4 Å². The molecule has 0 bridgehead atoms. The molecule has 1 heterocycles. The lowest BCUT2D eigenvalue weighted by Crippen LogP contribution is -2.51. The predicted octanol–water partition coefficient (Wildman–Crippen LogP) is 4.79. The van der Waals surface area contributed by atoms with Crippen LogP contribution in [0, 0.1) is 5.92 Å². The molecule has 1 saturated heterocycles. The maximum Gasteiger partial charge on any atom is 0.416 e. The Balaban J connectivity index is 0.00000261. The van der Waals surface area contributed by atoms with Crippen LogP contribution in [0.1, 0.15) is 63.0 Å². The zero-order valence-corrected chi connectivity index (χ0v) is 16.4. The van der Waals surface area contributed by atoms with Gasteiger partial charge in [-0.25, -0.2) is 0 Å². The van der Waals surface area contributed by atoms with Crippen molar-refractivity contribution in [1.82, 2.24) is 10.6 Å². The number of benzene rings is 1. The van der Waals surface area contributed by atoms with Crippen LogP contribution < -0.4 is 10.6 Å². The second-order valence-electron chi connectivity index (χ2n) is 7.79. The van der Waals surface area contributed by atoms with Gasteiger partial charge in [0.15, 0.2) is 0 Å². The lowest BCUT2D eigenvalue weighted by Gasteiger charge is -2.40. The molecule has 3 nitrogen and oxygen atoms in total. The molecule has 1 aromatic rings. The summed E-state index contributed by atoms with van der Waals surface area (Å²) >= 11 is 0. The van der Waals surface area contributed by atoms with Crippen molar-refractivity contribution in [2.24, 2.45) is 5.92 Å². The molecule has 0 radical (unpaired) electrons. The van der Waals surface area contributed by atoms with E-state index in [4.69, 9.17) is 0 Å². The van der Waals surface area contributed by atoms with Crippen molar-refractivity contribution in [2.75, 3.05) is 6.54 Å². The van der Waals surface area contributed by atoms with Crippen molar-refractivity contribution in [3.63, 3.8) is 0 Å². The number of amides is 1. The molecule has 1 aliphatic carbocycles. The zero-order chi connectivity index (χ0) is 18.8. The SMILES string of the molecule is C[C@H]1C[C@@H](C(=O)NC2(c3cccc(C(F)(F)F)c3)CCCCC2)CCN1.Cl. The van der Waals surface area contributed by atoms with Crippen molar-refractivity contribution in [3.8, 4) is 0 Å². The highest BCUT2D eigenvalue weighted by Crippen LogP contribution is 2.40. The molecule has 0 aromatic heterocycles. The molecule has 0 unspecified atom stereocenters. The Kier molecular flexibility index (Phi) is 7.20. The monoisotopic (exact) mass is 404 g/mol. The van der Waals surface area contributed by atoms with E-state index in [2.05, 4.69) is 17.6 Å². The Morgan fingerprint density at radius 1 is 1.22 bits per heavy atom.